The zero-order valence-electron chi connectivity index (χ0n) is 14.4. The lowest BCUT2D eigenvalue weighted by molar-refractivity contribution is 0.231. The predicted octanol–water partition coefficient (Wildman–Crippen LogP) is 3.00. The van der Waals surface area contributed by atoms with Crippen molar-refractivity contribution in [3.05, 3.63) is 41.6 Å². The van der Waals surface area contributed by atoms with Gasteiger partial charge in [0, 0.05) is 36.5 Å². The van der Waals surface area contributed by atoms with Crippen LogP contribution in [0.1, 0.15) is 37.9 Å². The highest BCUT2D eigenvalue weighted by molar-refractivity contribution is 6.13. The lowest BCUT2D eigenvalue weighted by Gasteiger charge is -2.17. The monoisotopic (exact) mass is 343 g/mol. The molecule has 1 saturated heterocycles. The van der Waals surface area contributed by atoms with E-state index in [9.17, 15) is 4.39 Å². The summed E-state index contributed by atoms with van der Waals surface area (Å²) in [5.41, 5.74) is 7.07. The Balaban J connectivity index is 1.93. The number of nitrogen functional groups attached to an aromatic ring is 1. The van der Waals surface area contributed by atoms with E-state index in [-0.39, 0.29) is 23.3 Å². The number of hydrogen-bond acceptors (Lipinski definition) is 6. The molecule has 0 unspecified atom stereocenters. The first-order chi connectivity index (χ1) is 12.0. The van der Waals surface area contributed by atoms with Gasteiger partial charge in [-0.05, 0) is 32.8 Å². The van der Waals surface area contributed by atoms with Crippen molar-refractivity contribution in [2.24, 2.45) is 0 Å². The number of nitrogens with two attached hydrogens (primary N) is 1. The molecule has 3 N–H and O–H groups in total. The van der Waals surface area contributed by atoms with Gasteiger partial charge in [-0.1, -0.05) is 0 Å². The van der Waals surface area contributed by atoms with Crippen molar-refractivity contribution in [3.63, 3.8) is 0 Å². The van der Waals surface area contributed by atoms with Crippen molar-refractivity contribution in [3.8, 4) is 5.75 Å². The van der Waals surface area contributed by atoms with E-state index in [1.807, 2.05) is 13.8 Å². The fourth-order valence-electron chi connectivity index (χ4n) is 2.87. The minimum Gasteiger partial charge on any atom is -0.488 e. The number of anilines is 2. The maximum absolute atomic E-state index is 14.0. The highest BCUT2D eigenvalue weighted by Crippen LogP contribution is 2.27. The van der Waals surface area contributed by atoms with Crippen molar-refractivity contribution in [2.45, 2.75) is 32.8 Å². The van der Waals surface area contributed by atoms with Gasteiger partial charge in [0.05, 0.1) is 17.5 Å². The molecule has 0 radical (unpaired) electrons. The third-order valence-electron chi connectivity index (χ3n) is 4.07. The fourth-order valence-corrected chi connectivity index (χ4v) is 2.87. The molecule has 1 aliphatic rings. The molecular formula is C18H22FN5O. The normalized spacial score (nSPS) is 14.2. The van der Waals surface area contributed by atoms with E-state index < -0.39 is 5.82 Å². The third-order valence-corrected chi connectivity index (χ3v) is 4.07. The molecule has 132 valence electrons. The minimum absolute atomic E-state index is 0.0813. The van der Waals surface area contributed by atoms with Crippen LogP contribution in [0.3, 0.4) is 0 Å². The van der Waals surface area contributed by atoms with Gasteiger partial charge in [0.25, 0.3) is 0 Å². The first kappa shape index (κ1) is 17.1. The predicted molar refractivity (Wildman–Crippen MR) is 96.0 cm³/mol. The minimum atomic E-state index is -0.539. The number of benzene rings is 1. The zero-order chi connectivity index (χ0) is 18.0. The molecule has 2 heterocycles. The third kappa shape index (κ3) is 3.70. The summed E-state index contributed by atoms with van der Waals surface area (Å²) in [5, 5.41) is 8.46. The number of ether oxygens (including phenoxy) is 1. The van der Waals surface area contributed by atoms with Gasteiger partial charge in [0.2, 0.25) is 0 Å². The van der Waals surface area contributed by atoms with E-state index in [0.29, 0.717) is 11.3 Å². The van der Waals surface area contributed by atoms with E-state index in [1.165, 1.54) is 18.5 Å². The summed E-state index contributed by atoms with van der Waals surface area (Å²) >= 11 is 0. The van der Waals surface area contributed by atoms with Crippen molar-refractivity contribution in [2.75, 3.05) is 23.7 Å². The van der Waals surface area contributed by atoms with Crippen LogP contribution in [-0.4, -0.2) is 34.9 Å². The molecule has 1 fully saturated rings. The van der Waals surface area contributed by atoms with E-state index in [0.717, 1.165) is 31.7 Å². The van der Waals surface area contributed by atoms with Crippen LogP contribution < -0.4 is 15.4 Å². The highest BCUT2D eigenvalue weighted by Gasteiger charge is 2.18. The number of nitrogens with one attached hydrogen (secondary N) is 1. The summed E-state index contributed by atoms with van der Waals surface area (Å²) < 4.78 is 19.5. The molecule has 0 atom stereocenters. The van der Waals surface area contributed by atoms with Gasteiger partial charge in [-0.15, -0.1) is 0 Å². The average Bonchev–Trinajstić information content (AvgIpc) is 3.11. The molecular weight excluding hydrogens is 321 g/mol. The summed E-state index contributed by atoms with van der Waals surface area (Å²) in [4.78, 5) is 10.6. The molecule has 6 nitrogen and oxygen atoms in total. The smallest absolute Gasteiger partial charge is 0.167 e. The Kier molecular flexibility index (Phi) is 4.83. The van der Waals surface area contributed by atoms with Crippen LogP contribution in [0, 0.1) is 11.2 Å². The summed E-state index contributed by atoms with van der Waals surface area (Å²) in [7, 11) is 0. The molecule has 0 bridgehead atoms. The van der Waals surface area contributed by atoms with Gasteiger partial charge in [-0.2, -0.15) is 0 Å². The summed E-state index contributed by atoms with van der Waals surface area (Å²) in [6, 6.07) is 4.42. The first-order valence-corrected chi connectivity index (χ1v) is 8.37. The quantitative estimate of drug-likeness (QED) is 0.643. The Hall–Kier alpha value is -2.70. The second kappa shape index (κ2) is 7.04. The summed E-state index contributed by atoms with van der Waals surface area (Å²) in [6.45, 7) is 5.53. The van der Waals surface area contributed by atoms with Crippen LogP contribution in [0.15, 0.2) is 24.5 Å². The van der Waals surface area contributed by atoms with Crippen LogP contribution in [0.25, 0.3) is 0 Å². The Morgan fingerprint density at radius 1 is 1.24 bits per heavy atom. The molecule has 25 heavy (non-hydrogen) atoms. The van der Waals surface area contributed by atoms with Gasteiger partial charge in [0.15, 0.2) is 11.6 Å². The van der Waals surface area contributed by atoms with E-state index in [2.05, 4.69) is 14.9 Å². The number of halogens is 1. The van der Waals surface area contributed by atoms with Gasteiger partial charge in [-0.25, -0.2) is 14.4 Å². The molecule has 0 spiro atoms. The molecule has 1 aliphatic heterocycles. The lowest BCUT2D eigenvalue weighted by Crippen LogP contribution is -2.20. The summed E-state index contributed by atoms with van der Waals surface area (Å²) in [5.74, 6) is 0.340. The molecule has 1 aromatic carbocycles. The van der Waals surface area contributed by atoms with Crippen molar-refractivity contribution in [1.29, 1.82) is 5.41 Å². The maximum atomic E-state index is 14.0. The van der Waals surface area contributed by atoms with Crippen LogP contribution in [0.2, 0.25) is 0 Å². The number of hydrogen-bond donors (Lipinski definition) is 2. The second-order valence-corrected chi connectivity index (χ2v) is 6.37. The van der Waals surface area contributed by atoms with Crippen molar-refractivity contribution < 1.29 is 9.13 Å². The fraction of sp³-hybridized carbons (Fsp3) is 0.389. The van der Waals surface area contributed by atoms with Crippen LogP contribution in [0.5, 0.6) is 5.75 Å². The van der Waals surface area contributed by atoms with Gasteiger partial charge in [0.1, 0.15) is 12.1 Å². The van der Waals surface area contributed by atoms with E-state index in [1.54, 1.807) is 6.07 Å². The topological polar surface area (TPSA) is 88.1 Å². The number of aromatic nitrogens is 2. The summed E-state index contributed by atoms with van der Waals surface area (Å²) in [6.07, 6.45) is 3.54. The molecule has 0 saturated carbocycles. The highest BCUT2D eigenvalue weighted by atomic mass is 19.1. The van der Waals surface area contributed by atoms with Crippen LogP contribution in [-0.2, 0) is 0 Å². The van der Waals surface area contributed by atoms with Crippen molar-refractivity contribution in [1.82, 2.24) is 9.97 Å². The van der Waals surface area contributed by atoms with E-state index >= 15 is 0 Å². The van der Waals surface area contributed by atoms with Crippen LogP contribution >= 0.6 is 0 Å². The zero-order valence-corrected chi connectivity index (χ0v) is 14.4. The van der Waals surface area contributed by atoms with Gasteiger partial charge < -0.3 is 15.4 Å². The molecule has 0 amide bonds. The molecule has 1 aromatic heterocycles. The molecule has 2 aromatic rings. The van der Waals surface area contributed by atoms with E-state index in [4.69, 9.17) is 15.9 Å². The Bertz CT molecular complexity index is 787. The molecule has 7 heteroatoms. The first-order valence-electron chi connectivity index (χ1n) is 8.37. The standard InChI is InChI=1S/C18H22FN5O/c1-11(2)25-16-7-12(14(20)8-13(16)19)18(21)15-9-17(23-10-22-15)24-5-3-4-6-24/h7-11,21H,3-6,20H2,1-2H3. The molecule has 0 aliphatic carbocycles. The SMILES string of the molecule is CC(C)Oc1cc(C(=N)c2cc(N3CCCC3)ncn2)c(N)cc1F. The Morgan fingerprint density at radius 2 is 1.96 bits per heavy atom. The maximum Gasteiger partial charge on any atom is 0.167 e. The molecule has 3 rings (SSSR count). The Labute approximate surface area is 146 Å². The van der Waals surface area contributed by atoms with Gasteiger partial charge >= 0.3 is 0 Å². The van der Waals surface area contributed by atoms with Crippen molar-refractivity contribution >= 4 is 17.2 Å². The average molecular weight is 343 g/mol. The number of rotatable bonds is 5. The number of nitrogens with zero attached hydrogens (tertiary/aromatic N) is 3. The van der Waals surface area contributed by atoms with Crippen LogP contribution in [0.4, 0.5) is 15.9 Å². The Morgan fingerprint density at radius 3 is 2.64 bits per heavy atom. The second-order valence-electron chi connectivity index (χ2n) is 6.37. The van der Waals surface area contributed by atoms with Gasteiger partial charge in [-0.3, -0.25) is 5.41 Å². The largest absolute Gasteiger partial charge is 0.488 e. The lowest BCUT2D eigenvalue weighted by atomic mass is 10.0.